The van der Waals surface area contributed by atoms with Crippen LogP contribution in [0, 0.1) is 6.92 Å². The Morgan fingerprint density at radius 3 is 2.62 bits per heavy atom. The van der Waals surface area contributed by atoms with Gasteiger partial charge < -0.3 is 14.4 Å². The van der Waals surface area contributed by atoms with Crippen LogP contribution in [0.15, 0.2) is 36.7 Å². The van der Waals surface area contributed by atoms with Crippen molar-refractivity contribution in [3.05, 3.63) is 53.3 Å². The molecule has 0 fully saturated rings. The first-order valence-corrected chi connectivity index (χ1v) is 6.35. The molecule has 1 atom stereocenters. The highest BCUT2D eigenvalue weighted by atomic mass is 19.4. The number of aliphatic hydroxyl groups is 1. The van der Waals surface area contributed by atoms with Crippen molar-refractivity contribution in [2.75, 3.05) is 7.11 Å². The van der Waals surface area contributed by atoms with E-state index in [0.717, 1.165) is 11.1 Å². The highest BCUT2D eigenvalue weighted by Crippen LogP contribution is 2.32. The summed E-state index contributed by atoms with van der Waals surface area (Å²) in [6, 6.07) is 6.90. The fraction of sp³-hybridized carbons (Fsp3) is 0.333. The zero-order valence-electron chi connectivity index (χ0n) is 11.7. The van der Waals surface area contributed by atoms with E-state index >= 15 is 0 Å². The molecular weight excluding hydrogens is 283 g/mol. The van der Waals surface area contributed by atoms with Gasteiger partial charge in [-0.3, -0.25) is 0 Å². The highest BCUT2D eigenvalue weighted by molar-refractivity contribution is 5.37. The molecule has 0 aliphatic carbocycles. The quantitative estimate of drug-likeness (QED) is 0.938. The molecule has 6 heteroatoms. The van der Waals surface area contributed by atoms with Gasteiger partial charge in [-0.25, -0.2) is 0 Å². The van der Waals surface area contributed by atoms with Gasteiger partial charge in [-0.2, -0.15) is 13.2 Å². The SMILES string of the molecule is COc1ccc(C)cc1Cn1ccc(C(O)C(F)(F)F)c1. The maximum absolute atomic E-state index is 12.5. The molecule has 1 unspecified atom stereocenters. The van der Waals surface area contributed by atoms with E-state index in [0.29, 0.717) is 12.3 Å². The number of aryl methyl sites for hydroxylation is 1. The Balaban J connectivity index is 2.22. The van der Waals surface area contributed by atoms with Crippen LogP contribution in [-0.4, -0.2) is 23.0 Å². The van der Waals surface area contributed by atoms with E-state index in [-0.39, 0.29) is 5.56 Å². The second kappa shape index (κ2) is 5.81. The van der Waals surface area contributed by atoms with Crippen LogP contribution in [-0.2, 0) is 6.54 Å². The Labute approximate surface area is 120 Å². The lowest BCUT2D eigenvalue weighted by Crippen LogP contribution is -2.19. The van der Waals surface area contributed by atoms with Gasteiger partial charge in [-0.05, 0) is 19.1 Å². The molecule has 0 spiro atoms. The summed E-state index contributed by atoms with van der Waals surface area (Å²) >= 11 is 0. The van der Waals surface area contributed by atoms with Gasteiger partial charge in [0, 0.05) is 23.5 Å². The van der Waals surface area contributed by atoms with Crippen molar-refractivity contribution in [3.63, 3.8) is 0 Å². The number of nitrogens with zero attached hydrogens (tertiary/aromatic N) is 1. The van der Waals surface area contributed by atoms with Crippen LogP contribution < -0.4 is 4.74 Å². The van der Waals surface area contributed by atoms with Crippen LogP contribution in [0.2, 0.25) is 0 Å². The minimum Gasteiger partial charge on any atom is -0.496 e. The van der Waals surface area contributed by atoms with Crippen LogP contribution in [0.3, 0.4) is 0 Å². The molecule has 0 aliphatic rings. The smallest absolute Gasteiger partial charge is 0.418 e. The molecule has 0 bridgehead atoms. The molecule has 0 amide bonds. The Bertz CT molecular complexity index is 620. The lowest BCUT2D eigenvalue weighted by Gasteiger charge is -2.13. The fourth-order valence-corrected chi connectivity index (χ4v) is 2.14. The molecule has 0 saturated heterocycles. The van der Waals surface area contributed by atoms with Crippen molar-refractivity contribution in [2.45, 2.75) is 25.7 Å². The average molecular weight is 299 g/mol. The van der Waals surface area contributed by atoms with Gasteiger partial charge in [0.15, 0.2) is 6.10 Å². The van der Waals surface area contributed by atoms with Gasteiger partial charge >= 0.3 is 6.18 Å². The second-order valence-corrected chi connectivity index (χ2v) is 4.88. The molecule has 3 nitrogen and oxygen atoms in total. The summed E-state index contributed by atoms with van der Waals surface area (Å²) in [6.45, 7) is 2.30. The Morgan fingerprint density at radius 2 is 2.00 bits per heavy atom. The number of hydrogen-bond donors (Lipinski definition) is 1. The van der Waals surface area contributed by atoms with Crippen molar-refractivity contribution >= 4 is 0 Å². The average Bonchev–Trinajstić information content (AvgIpc) is 2.85. The minimum atomic E-state index is -4.66. The van der Waals surface area contributed by atoms with Gasteiger partial charge in [-0.15, -0.1) is 0 Å². The zero-order chi connectivity index (χ0) is 15.6. The van der Waals surface area contributed by atoms with Crippen LogP contribution in [0.4, 0.5) is 13.2 Å². The molecular formula is C15H16F3NO2. The summed E-state index contributed by atoms with van der Waals surface area (Å²) in [5.41, 5.74) is 1.73. The number of alkyl halides is 3. The van der Waals surface area contributed by atoms with E-state index in [1.54, 1.807) is 11.7 Å². The van der Waals surface area contributed by atoms with Gasteiger partial charge in [-0.1, -0.05) is 17.7 Å². The van der Waals surface area contributed by atoms with E-state index in [4.69, 9.17) is 4.74 Å². The highest BCUT2D eigenvalue weighted by Gasteiger charge is 2.39. The number of rotatable bonds is 4. The second-order valence-electron chi connectivity index (χ2n) is 4.88. The summed E-state index contributed by atoms with van der Waals surface area (Å²) in [4.78, 5) is 0. The van der Waals surface area contributed by atoms with E-state index in [1.807, 2.05) is 25.1 Å². The summed E-state index contributed by atoms with van der Waals surface area (Å²) in [5.74, 6) is 0.673. The summed E-state index contributed by atoms with van der Waals surface area (Å²) < 4.78 is 44.2. The topological polar surface area (TPSA) is 34.4 Å². The molecule has 0 saturated carbocycles. The number of benzene rings is 1. The first-order valence-electron chi connectivity index (χ1n) is 6.35. The number of aliphatic hydroxyl groups excluding tert-OH is 1. The predicted octanol–water partition coefficient (Wildman–Crippen LogP) is 3.45. The Morgan fingerprint density at radius 1 is 1.29 bits per heavy atom. The monoisotopic (exact) mass is 299 g/mol. The van der Waals surface area contributed by atoms with Crippen molar-refractivity contribution in [3.8, 4) is 5.75 Å². The molecule has 21 heavy (non-hydrogen) atoms. The Hall–Kier alpha value is -1.95. The lowest BCUT2D eigenvalue weighted by atomic mass is 10.1. The van der Waals surface area contributed by atoms with E-state index < -0.39 is 12.3 Å². The van der Waals surface area contributed by atoms with Crippen LogP contribution in [0.25, 0.3) is 0 Å². The van der Waals surface area contributed by atoms with E-state index in [1.165, 1.54) is 18.5 Å². The minimum absolute atomic E-state index is 0.172. The molecule has 2 rings (SSSR count). The summed E-state index contributed by atoms with van der Waals surface area (Å²) in [5, 5.41) is 9.22. The van der Waals surface area contributed by atoms with Crippen molar-refractivity contribution in [1.29, 1.82) is 0 Å². The first kappa shape index (κ1) is 15.4. The third-order valence-corrected chi connectivity index (χ3v) is 3.19. The number of halogens is 3. The van der Waals surface area contributed by atoms with Gasteiger partial charge in [0.05, 0.1) is 13.7 Å². The number of hydrogen-bond acceptors (Lipinski definition) is 2. The maximum Gasteiger partial charge on any atom is 0.418 e. The molecule has 0 aliphatic heterocycles. The molecule has 114 valence electrons. The first-order chi connectivity index (χ1) is 9.81. The van der Waals surface area contributed by atoms with Crippen LogP contribution in [0.1, 0.15) is 22.8 Å². The number of methoxy groups -OCH3 is 1. The third-order valence-electron chi connectivity index (χ3n) is 3.19. The molecule has 1 heterocycles. The lowest BCUT2D eigenvalue weighted by molar-refractivity contribution is -0.206. The standard InChI is InChI=1S/C15H16F3NO2/c1-10-3-4-13(21-2)12(7-10)9-19-6-5-11(8-19)14(20)15(16,17)18/h3-8,14,20H,9H2,1-2H3. The summed E-state index contributed by atoms with van der Waals surface area (Å²) in [7, 11) is 1.54. The van der Waals surface area contributed by atoms with Crippen LogP contribution in [0.5, 0.6) is 5.75 Å². The van der Waals surface area contributed by atoms with Gasteiger partial charge in [0.1, 0.15) is 5.75 Å². The van der Waals surface area contributed by atoms with Crippen molar-refractivity contribution in [2.24, 2.45) is 0 Å². The largest absolute Gasteiger partial charge is 0.496 e. The van der Waals surface area contributed by atoms with Crippen molar-refractivity contribution in [1.82, 2.24) is 4.57 Å². The molecule has 1 N–H and O–H groups in total. The maximum atomic E-state index is 12.5. The Kier molecular flexibility index (Phi) is 4.27. The van der Waals surface area contributed by atoms with Gasteiger partial charge in [0.25, 0.3) is 0 Å². The fourth-order valence-electron chi connectivity index (χ4n) is 2.14. The van der Waals surface area contributed by atoms with Crippen molar-refractivity contribution < 1.29 is 23.0 Å². The molecule has 2 aromatic rings. The van der Waals surface area contributed by atoms with Crippen LogP contribution >= 0.6 is 0 Å². The van der Waals surface area contributed by atoms with E-state index in [9.17, 15) is 18.3 Å². The number of ether oxygens (including phenoxy) is 1. The number of aromatic nitrogens is 1. The zero-order valence-corrected chi connectivity index (χ0v) is 11.7. The van der Waals surface area contributed by atoms with E-state index in [2.05, 4.69) is 0 Å². The molecule has 1 aromatic carbocycles. The molecule has 0 radical (unpaired) electrons. The predicted molar refractivity (Wildman–Crippen MR) is 72.3 cm³/mol. The van der Waals surface area contributed by atoms with Gasteiger partial charge in [0.2, 0.25) is 0 Å². The molecule has 1 aromatic heterocycles. The normalized spacial score (nSPS) is 13.2. The third kappa shape index (κ3) is 3.58. The summed E-state index contributed by atoms with van der Waals surface area (Å²) in [6.07, 6.45) is -4.32.